The molecule has 1 aliphatic heterocycles. The Morgan fingerprint density at radius 2 is 1.85 bits per heavy atom. The molecule has 2 aromatic carbocycles. The number of ether oxygens (including phenoxy) is 1. The predicted octanol–water partition coefficient (Wildman–Crippen LogP) is 3.56. The number of anilines is 1. The summed E-state index contributed by atoms with van der Waals surface area (Å²) in [6, 6.07) is 13.7. The van der Waals surface area contributed by atoms with Gasteiger partial charge >= 0.3 is 0 Å². The molecule has 0 saturated carbocycles. The summed E-state index contributed by atoms with van der Waals surface area (Å²) in [6.07, 6.45) is 2.34. The Hall–Kier alpha value is -2.82. The van der Waals surface area contributed by atoms with Crippen molar-refractivity contribution in [3.05, 3.63) is 59.2 Å². The molecule has 0 spiro atoms. The lowest BCUT2D eigenvalue weighted by molar-refractivity contribution is -0.131. The predicted molar refractivity (Wildman–Crippen MR) is 106 cm³/mol. The van der Waals surface area contributed by atoms with Crippen LogP contribution in [-0.2, 0) is 29.0 Å². The Morgan fingerprint density at radius 1 is 1.07 bits per heavy atom. The number of rotatable bonds is 6. The first-order chi connectivity index (χ1) is 13.1. The molecule has 0 radical (unpaired) electrons. The monoisotopic (exact) mass is 366 g/mol. The fourth-order valence-corrected chi connectivity index (χ4v) is 3.24. The number of hydrogen-bond acceptors (Lipinski definition) is 3. The summed E-state index contributed by atoms with van der Waals surface area (Å²) in [5.41, 5.74) is 4.29. The van der Waals surface area contributed by atoms with Gasteiger partial charge in [-0.3, -0.25) is 9.59 Å². The molecule has 0 atom stereocenters. The molecule has 142 valence electrons. The van der Waals surface area contributed by atoms with Crippen molar-refractivity contribution in [3.8, 4) is 5.75 Å². The topological polar surface area (TPSA) is 58.6 Å². The SMILES string of the molecule is CCC(=O)N1CCc2ccc(NC(=O)COc3ccc(CC)cc3)cc2C1. The first-order valence-corrected chi connectivity index (χ1v) is 9.50. The summed E-state index contributed by atoms with van der Waals surface area (Å²) in [4.78, 5) is 26.0. The van der Waals surface area contributed by atoms with Crippen molar-refractivity contribution in [2.75, 3.05) is 18.5 Å². The molecule has 1 heterocycles. The quantitative estimate of drug-likeness (QED) is 0.850. The summed E-state index contributed by atoms with van der Waals surface area (Å²) >= 11 is 0. The van der Waals surface area contributed by atoms with Gasteiger partial charge in [0.15, 0.2) is 6.61 Å². The van der Waals surface area contributed by atoms with Crippen LogP contribution in [0.4, 0.5) is 5.69 Å². The van der Waals surface area contributed by atoms with E-state index >= 15 is 0 Å². The minimum Gasteiger partial charge on any atom is -0.484 e. The van der Waals surface area contributed by atoms with Crippen LogP contribution in [0, 0.1) is 0 Å². The fraction of sp³-hybridized carbons (Fsp3) is 0.364. The number of carbonyl (C=O) groups excluding carboxylic acids is 2. The highest BCUT2D eigenvalue weighted by Crippen LogP contribution is 2.23. The maximum atomic E-state index is 12.2. The molecule has 2 amide bonds. The van der Waals surface area contributed by atoms with Crippen molar-refractivity contribution in [3.63, 3.8) is 0 Å². The van der Waals surface area contributed by atoms with Crippen LogP contribution in [0.15, 0.2) is 42.5 Å². The smallest absolute Gasteiger partial charge is 0.262 e. The van der Waals surface area contributed by atoms with Gasteiger partial charge in [-0.1, -0.05) is 32.0 Å². The first-order valence-electron chi connectivity index (χ1n) is 9.50. The van der Waals surface area contributed by atoms with E-state index in [9.17, 15) is 9.59 Å². The second-order valence-electron chi connectivity index (χ2n) is 6.74. The summed E-state index contributed by atoms with van der Waals surface area (Å²) in [6.45, 7) is 5.30. The Balaban J connectivity index is 1.57. The third kappa shape index (κ3) is 4.88. The molecule has 5 nitrogen and oxygen atoms in total. The zero-order chi connectivity index (χ0) is 19.2. The Bertz CT molecular complexity index is 815. The second kappa shape index (κ2) is 8.71. The zero-order valence-electron chi connectivity index (χ0n) is 16.0. The molecular weight excluding hydrogens is 340 g/mol. The number of benzene rings is 2. The molecule has 0 saturated heterocycles. The van der Waals surface area contributed by atoms with E-state index in [1.54, 1.807) is 0 Å². The van der Waals surface area contributed by atoms with Crippen molar-refractivity contribution >= 4 is 17.5 Å². The van der Waals surface area contributed by atoms with E-state index in [1.165, 1.54) is 11.1 Å². The summed E-state index contributed by atoms with van der Waals surface area (Å²) in [5, 5.41) is 2.88. The molecule has 0 unspecified atom stereocenters. The molecule has 0 fully saturated rings. The highest BCUT2D eigenvalue weighted by atomic mass is 16.5. The number of fused-ring (bicyclic) bond motifs is 1. The van der Waals surface area contributed by atoms with Crippen LogP contribution in [0.25, 0.3) is 0 Å². The second-order valence-corrected chi connectivity index (χ2v) is 6.74. The normalized spacial score (nSPS) is 13.0. The molecule has 2 aromatic rings. The molecular formula is C22H26N2O3. The highest BCUT2D eigenvalue weighted by molar-refractivity contribution is 5.92. The number of nitrogens with one attached hydrogen (secondary N) is 1. The van der Waals surface area contributed by atoms with Gasteiger partial charge in [0.2, 0.25) is 5.91 Å². The Labute approximate surface area is 160 Å². The van der Waals surface area contributed by atoms with Crippen molar-refractivity contribution in [1.82, 2.24) is 4.90 Å². The van der Waals surface area contributed by atoms with E-state index in [0.29, 0.717) is 18.7 Å². The number of aryl methyl sites for hydroxylation is 1. The molecule has 0 aliphatic carbocycles. The maximum Gasteiger partial charge on any atom is 0.262 e. The van der Waals surface area contributed by atoms with Crippen LogP contribution >= 0.6 is 0 Å². The molecule has 0 bridgehead atoms. The average molecular weight is 366 g/mol. The van der Waals surface area contributed by atoms with Gasteiger partial charge in [0.05, 0.1) is 0 Å². The third-order valence-corrected chi connectivity index (χ3v) is 4.86. The van der Waals surface area contributed by atoms with Gasteiger partial charge in [-0.05, 0) is 53.8 Å². The minimum atomic E-state index is -0.202. The van der Waals surface area contributed by atoms with E-state index in [-0.39, 0.29) is 18.4 Å². The van der Waals surface area contributed by atoms with Gasteiger partial charge in [-0.2, -0.15) is 0 Å². The van der Waals surface area contributed by atoms with Crippen molar-refractivity contribution in [2.24, 2.45) is 0 Å². The van der Waals surface area contributed by atoms with Crippen molar-refractivity contribution in [2.45, 2.75) is 39.7 Å². The molecule has 1 N–H and O–H groups in total. The van der Waals surface area contributed by atoms with Crippen LogP contribution in [0.3, 0.4) is 0 Å². The molecule has 0 aromatic heterocycles. The minimum absolute atomic E-state index is 0.0387. The van der Waals surface area contributed by atoms with Gasteiger partial charge in [0.25, 0.3) is 5.91 Å². The highest BCUT2D eigenvalue weighted by Gasteiger charge is 2.19. The first kappa shape index (κ1) is 19.0. The van der Waals surface area contributed by atoms with E-state index in [4.69, 9.17) is 4.74 Å². The number of nitrogens with zero attached hydrogens (tertiary/aromatic N) is 1. The molecule has 1 aliphatic rings. The summed E-state index contributed by atoms with van der Waals surface area (Å²) in [5.74, 6) is 0.644. The van der Waals surface area contributed by atoms with Crippen LogP contribution in [0.2, 0.25) is 0 Å². The van der Waals surface area contributed by atoms with Crippen molar-refractivity contribution < 1.29 is 14.3 Å². The average Bonchev–Trinajstić information content (AvgIpc) is 2.71. The molecule has 3 rings (SSSR count). The van der Waals surface area contributed by atoms with Gasteiger partial charge in [-0.15, -0.1) is 0 Å². The summed E-state index contributed by atoms with van der Waals surface area (Å²) < 4.78 is 5.55. The lowest BCUT2D eigenvalue weighted by Crippen LogP contribution is -2.35. The molecule has 5 heteroatoms. The van der Waals surface area contributed by atoms with Gasteiger partial charge in [0, 0.05) is 25.2 Å². The number of carbonyl (C=O) groups is 2. The summed E-state index contributed by atoms with van der Waals surface area (Å²) in [7, 11) is 0. The Morgan fingerprint density at radius 3 is 2.56 bits per heavy atom. The number of hydrogen-bond donors (Lipinski definition) is 1. The van der Waals surface area contributed by atoms with E-state index < -0.39 is 0 Å². The van der Waals surface area contributed by atoms with E-state index in [1.807, 2.05) is 54.3 Å². The van der Waals surface area contributed by atoms with Gasteiger partial charge in [0.1, 0.15) is 5.75 Å². The van der Waals surface area contributed by atoms with Crippen LogP contribution < -0.4 is 10.1 Å². The lowest BCUT2D eigenvalue weighted by Gasteiger charge is -2.29. The maximum absolute atomic E-state index is 12.2. The standard InChI is InChI=1S/C22H26N2O3/c1-3-16-5-9-20(10-6-16)27-15-21(25)23-19-8-7-17-11-12-24(22(26)4-2)14-18(17)13-19/h5-10,13H,3-4,11-12,14-15H2,1-2H3,(H,23,25). The lowest BCUT2D eigenvalue weighted by atomic mass is 9.99. The fourth-order valence-electron chi connectivity index (χ4n) is 3.24. The Kier molecular flexibility index (Phi) is 6.12. The molecule has 27 heavy (non-hydrogen) atoms. The largest absolute Gasteiger partial charge is 0.484 e. The van der Waals surface area contributed by atoms with E-state index in [2.05, 4.69) is 12.2 Å². The third-order valence-electron chi connectivity index (χ3n) is 4.86. The van der Waals surface area contributed by atoms with Gasteiger partial charge in [-0.25, -0.2) is 0 Å². The van der Waals surface area contributed by atoms with Crippen LogP contribution in [-0.4, -0.2) is 29.9 Å². The van der Waals surface area contributed by atoms with Crippen LogP contribution in [0.5, 0.6) is 5.75 Å². The zero-order valence-corrected chi connectivity index (χ0v) is 16.0. The van der Waals surface area contributed by atoms with Gasteiger partial charge < -0.3 is 15.0 Å². The van der Waals surface area contributed by atoms with Crippen molar-refractivity contribution in [1.29, 1.82) is 0 Å². The van der Waals surface area contributed by atoms with E-state index in [0.717, 1.165) is 30.6 Å². The number of amides is 2. The van der Waals surface area contributed by atoms with Crippen LogP contribution in [0.1, 0.15) is 37.0 Å².